The standard InChI is InChI=1S/C49H48FN4O8P.C32H23FN2O4/c1-3-59-49(57)34(2)61-63(58,62-39-18-11-6-12-19-39)31-30-52-26-28-53(29-27-52)47(55)42-40-20-13-25-51-44(40)46(60-45(36-14-7-4-8-15-36)37-16-9-5-10-17-37)43-41(42)33-54(48(43)56)32-35-21-23-38(50)24-22-35;33-23-15-13-20(14-16-23)18-35-19-25-26(32(37)38)24-12-7-17-34-28(24)30(27(25)31(35)36)39-29(21-8-3-1-4-9-21)22-10-5-2-6-11-22/h4-25,34,45H,3,26-33H2,1-2H3;1-17,29H,18-19H2,(H,37,38)/t34-,63?;/m1./s1. The van der Waals surface area contributed by atoms with Crippen molar-refractivity contribution < 1.29 is 65.7 Å². The van der Waals surface area contributed by atoms with Crippen LogP contribution in [0.4, 0.5) is 8.78 Å². The number of piperazine rings is 1. The van der Waals surface area contributed by atoms with Gasteiger partial charge in [-0.15, -0.1) is 0 Å². The highest BCUT2D eigenvalue weighted by Crippen LogP contribution is 2.50. The number of carboxylic acids is 1. The predicted molar refractivity (Wildman–Crippen MR) is 380 cm³/mol. The molecule has 11 aromatic rings. The highest BCUT2D eigenvalue weighted by atomic mass is 31.2. The number of nitrogens with zero attached hydrogens (tertiary/aromatic N) is 6. The van der Waals surface area contributed by atoms with Gasteiger partial charge in [-0.25, -0.2) is 22.9 Å². The molecule has 0 spiro atoms. The molecule has 2 atom stereocenters. The van der Waals surface area contributed by atoms with Crippen LogP contribution in [-0.4, -0.2) is 116 Å². The van der Waals surface area contributed by atoms with Gasteiger partial charge in [-0.2, -0.15) is 0 Å². The van der Waals surface area contributed by atoms with Gasteiger partial charge in [0.1, 0.15) is 40.6 Å². The quantitative estimate of drug-likeness (QED) is 0.0467. The zero-order chi connectivity index (χ0) is 70.9. The summed E-state index contributed by atoms with van der Waals surface area (Å²) in [7, 11) is -3.85. The fraction of sp³-hybridized carbons (Fsp3) is 0.198. The number of aromatic carboxylic acids is 1. The number of rotatable bonds is 23. The summed E-state index contributed by atoms with van der Waals surface area (Å²) in [5, 5.41) is 11.2. The van der Waals surface area contributed by atoms with Crippen LogP contribution in [0.5, 0.6) is 17.2 Å². The molecule has 1 unspecified atom stereocenters. The van der Waals surface area contributed by atoms with Crippen molar-refractivity contribution >= 4 is 59.1 Å². The molecule has 0 bridgehead atoms. The van der Waals surface area contributed by atoms with Crippen LogP contribution in [0.1, 0.15) is 112 Å². The minimum Gasteiger partial charge on any atom is -0.478 e. The molecule has 516 valence electrons. The monoisotopic (exact) mass is 1390 g/mol. The van der Waals surface area contributed by atoms with Gasteiger partial charge in [-0.3, -0.25) is 33.8 Å². The van der Waals surface area contributed by atoms with Crippen LogP contribution in [0, 0.1) is 11.6 Å². The summed E-state index contributed by atoms with van der Waals surface area (Å²) in [5.74, 6) is -2.58. The maximum atomic E-state index is 15.0. The molecule has 1 N–H and O–H groups in total. The third-order valence-corrected chi connectivity index (χ3v) is 20.0. The Hall–Kier alpha value is -11.4. The van der Waals surface area contributed by atoms with Crippen LogP contribution in [0.2, 0.25) is 0 Å². The maximum Gasteiger partial charge on any atom is 0.381 e. The van der Waals surface area contributed by atoms with Gasteiger partial charge in [0.2, 0.25) is 0 Å². The second-order valence-corrected chi connectivity index (χ2v) is 26.9. The fourth-order valence-corrected chi connectivity index (χ4v) is 15.0. The van der Waals surface area contributed by atoms with Crippen LogP contribution >= 0.6 is 7.60 Å². The van der Waals surface area contributed by atoms with E-state index in [1.165, 1.54) is 31.2 Å². The number of esters is 1. The van der Waals surface area contributed by atoms with Gasteiger partial charge < -0.3 is 38.5 Å². The zero-order valence-electron chi connectivity index (χ0n) is 55.9. The Balaban J connectivity index is 0.000000203. The van der Waals surface area contributed by atoms with Crippen LogP contribution < -0.4 is 14.0 Å². The highest BCUT2D eigenvalue weighted by molar-refractivity contribution is 7.54. The van der Waals surface area contributed by atoms with E-state index in [0.29, 0.717) is 77.0 Å². The van der Waals surface area contributed by atoms with Gasteiger partial charge in [-0.1, -0.05) is 176 Å². The number of amides is 3. The van der Waals surface area contributed by atoms with Gasteiger partial charge in [-0.05, 0) is 95.8 Å². The first kappa shape index (κ1) is 69.1. The normalized spacial score (nSPS) is 14.4. The van der Waals surface area contributed by atoms with E-state index in [0.717, 1.165) is 33.4 Å². The second-order valence-electron chi connectivity index (χ2n) is 24.8. The van der Waals surface area contributed by atoms with E-state index < -0.39 is 37.8 Å². The number of pyridine rings is 2. The number of benzene rings is 9. The molecule has 14 rings (SSSR count). The van der Waals surface area contributed by atoms with E-state index in [9.17, 15) is 42.4 Å². The Morgan fingerprint density at radius 3 is 1.37 bits per heavy atom. The van der Waals surface area contributed by atoms with Crippen molar-refractivity contribution in [3.63, 3.8) is 0 Å². The number of fused-ring (bicyclic) bond motifs is 4. The largest absolute Gasteiger partial charge is 0.478 e. The lowest BCUT2D eigenvalue weighted by Gasteiger charge is -2.36. The lowest BCUT2D eigenvalue weighted by Crippen LogP contribution is -2.49. The van der Waals surface area contributed by atoms with Crippen molar-refractivity contribution in [3.8, 4) is 17.2 Å². The fourth-order valence-electron chi connectivity index (χ4n) is 13.2. The molecular formula is C81H71F2N6O12P. The number of carbonyl (C=O) groups excluding carboxylic acids is 4. The molecule has 0 saturated carbocycles. The minimum absolute atomic E-state index is 0.0101. The summed E-state index contributed by atoms with van der Waals surface area (Å²) >= 11 is 0. The smallest absolute Gasteiger partial charge is 0.381 e. The Morgan fingerprint density at radius 2 is 0.951 bits per heavy atom. The lowest BCUT2D eigenvalue weighted by atomic mass is 9.94. The van der Waals surface area contributed by atoms with Crippen LogP contribution in [-0.2, 0) is 44.8 Å². The third-order valence-electron chi connectivity index (χ3n) is 18.1. The van der Waals surface area contributed by atoms with Crippen molar-refractivity contribution in [2.75, 3.05) is 45.5 Å². The summed E-state index contributed by atoms with van der Waals surface area (Å²) in [4.78, 5) is 84.9. The van der Waals surface area contributed by atoms with Crippen LogP contribution in [0.3, 0.4) is 0 Å². The molecule has 1 saturated heterocycles. The SMILES string of the molecule is CCOC(=O)[C@@H](C)OP(=O)(CCN1CCN(C(=O)c2c3c(c(OC(c4ccccc4)c4ccccc4)c4ncccc24)C(=O)N(Cc2ccc(F)cc2)C3)CC1)Oc1ccccc1.O=C(O)c1c2c(c(OC(c3ccccc3)c3ccccc3)c3ncccc13)C(=O)N(Cc1ccc(F)cc1)C2. The molecule has 3 aliphatic rings. The Kier molecular flexibility index (Phi) is 21.0. The van der Waals surface area contributed by atoms with E-state index in [4.69, 9.17) is 28.2 Å². The van der Waals surface area contributed by atoms with E-state index in [1.807, 2.05) is 133 Å². The number of aromatic nitrogens is 2. The number of carboxylic acid groups (broad SMARTS) is 1. The first-order valence-electron chi connectivity index (χ1n) is 33.5. The number of hydrogen-bond acceptors (Lipinski definition) is 14. The summed E-state index contributed by atoms with van der Waals surface area (Å²) in [6.45, 7) is 5.80. The predicted octanol–water partition coefficient (Wildman–Crippen LogP) is 15.1. The molecule has 18 nitrogen and oxygen atoms in total. The van der Waals surface area contributed by atoms with Crippen LogP contribution in [0.15, 0.2) is 237 Å². The van der Waals surface area contributed by atoms with Gasteiger partial charge in [0.25, 0.3) is 17.7 Å². The van der Waals surface area contributed by atoms with E-state index in [-0.39, 0.29) is 96.5 Å². The minimum atomic E-state index is -3.85. The molecule has 1 fully saturated rings. The molecule has 9 aromatic carbocycles. The summed E-state index contributed by atoms with van der Waals surface area (Å²) in [6, 6.07) is 66.3. The number of halogens is 2. The van der Waals surface area contributed by atoms with Gasteiger partial charge in [0.05, 0.1) is 35.0 Å². The Labute approximate surface area is 587 Å². The summed E-state index contributed by atoms with van der Waals surface area (Å²) in [6.07, 6.45) is 0.880. The maximum absolute atomic E-state index is 15.0. The average Bonchev–Trinajstić information content (AvgIpc) is 1.16. The molecule has 3 amide bonds. The topological polar surface area (TPSA) is 208 Å². The lowest BCUT2D eigenvalue weighted by molar-refractivity contribution is -0.150. The molecule has 2 aromatic heterocycles. The van der Waals surface area contributed by atoms with Gasteiger partial charge >= 0.3 is 19.5 Å². The van der Waals surface area contributed by atoms with Crippen molar-refractivity contribution in [3.05, 3.63) is 315 Å². The van der Waals surface area contributed by atoms with Crippen molar-refractivity contribution in [2.45, 2.75) is 58.3 Å². The molecule has 21 heteroatoms. The molecule has 3 aliphatic heterocycles. The van der Waals surface area contributed by atoms with Crippen molar-refractivity contribution in [1.29, 1.82) is 0 Å². The second kappa shape index (κ2) is 31.0. The Morgan fingerprint density at radius 1 is 0.539 bits per heavy atom. The molecule has 0 aliphatic carbocycles. The van der Waals surface area contributed by atoms with E-state index in [2.05, 4.69) is 9.88 Å². The molecule has 0 radical (unpaired) electrons. The van der Waals surface area contributed by atoms with E-state index in [1.54, 1.807) is 101 Å². The first-order valence-corrected chi connectivity index (χ1v) is 35.3. The number of hydrogen-bond donors (Lipinski definition) is 1. The first-order chi connectivity index (χ1) is 49.6. The third kappa shape index (κ3) is 15.2. The van der Waals surface area contributed by atoms with Gasteiger partial charge in [0, 0.05) is 93.2 Å². The summed E-state index contributed by atoms with van der Waals surface area (Å²) < 4.78 is 72.1. The van der Waals surface area contributed by atoms with Crippen molar-refractivity contribution in [1.82, 2.24) is 29.6 Å². The molecule has 102 heavy (non-hydrogen) atoms. The molecule has 5 heterocycles. The van der Waals surface area contributed by atoms with Gasteiger partial charge in [0.15, 0.2) is 17.6 Å². The Bertz CT molecular complexity index is 4830. The number of ether oxygens (including phenoxy) is 3. The van der Waals surface area contributed by atoms with E-state index >= 15 is 0 Å². The number of para-hydroxylation sites is 1. The highest BCUT2D eigenvalue weighted by Gasteiger charge is 2.42. The average molecular weight is 1390 g/mol. The molecular weight excluding hydrogens is 1320 g/mol. The number of carbonyl (C=O) groups is 5. The van der Waals surface area contributed by atoms with Crippen LogP contribution in [0.25, 0.3) is 21.8 Å². The van der Waals surface area contributed by atoms with Crippen molar-refractivity contribution in [2.24, 2.45) is 0 Å². The zero-order valence-corrected chi connectivity index (χ0v) is 56.7. The summed E-state index contributed by atoms with van der Waals surface area (Å²) in [5.41, 5.74) is 7.44.